The lowest BCUT2D eigenvalue weighted by molar-refractivity contribution is -0.120. The molecule has 0 unspecified atom stereocenters. The summed E-state index contributed by atoms with van der Waals surface area (Å²) in [4.78, 5) is 11.4. The molecule has 1 aromatic rings. The Morgan fingerprint density at radius 3 is 2.50 bits per heavy atom. The van der Waals surface area contributed by atoms with Crippen LogP contribution in [0.2, 0.25) is 0 Å². The van der Waals surface area contributed by atoms with Gasteiger partial charge in [-0.25, -0.2) is 0 Å². The molecule has 4 heteroatoms. The van der Waals surface area contributed by atoms with Crippen molar-refractivity contribution in [3.05, 3.63) is 29.8 Å². The molecule has 0 radical (unpaired) electrons. The number of carbonyl (C=O) groups is 1. The van der Waals surface area contributed by atoms with Crippen LogP contribution in [0.4, 0.5) is 0 Å². The normalized spacial score (nSPS) is 10.4. The van der Waals surface area contributed by atoms with E-state index >= 15 is 0 Å². The van der Waals surface area contributed by atoms with Crippen LogP contribution in [-0.2, 0) is 11.3 Å². The highest BCUT2D eigenvalue weighted by Gasteiger charge is 2.01. The summed E-state index contributed by atoms with van der Waals surface area (Å²) >= 11 is 0. The van der Waals surface area contributed by atoms with Crippen molar-refractivity contribution in [2.45, 2.75) is 33.4 Å². The van der Waals surface area contributed by atoms with Crippen LogP contribution < -0.4 is 15.4 Å². The van der Waals surface area contributed by atoms with Gasteiger partial charge in [0.15, 0.2) is 0 Å². The molecule has 0 aliphatic rings. The number of carbonyl (C=O) groups excluding carboxylic acids is 1. The van der Waals surface area contributed by atoms with Crippen molar-refractivity contribution < 1.29 is 9.53 Å². The molecule has 4 nitrogen and oxygen atoms in total. The van der Waals surface area contributed by atoms with Gasteiger partial charge in [0.05, 0.1) is 12.6 Å². The zero-order chi connectivity index (χ0) is 13.4. The molecule has 1 aromatic carbocycles. The molecule has 1 amide bonds. The third-order valence-electron chi connectivity index (χ3n) is 2.32. The van der Waals surface area contributed by atoms with E-state index in [-0.39, 0.29) is 12.0 Å². The molecule has 0 saturated carbocycles. The molecule has 18 heavy (non-hydrogen) atoms. The SMILES string of the molecule is CCNCC(=O)NCc1ccc(OC(C)C)cc1. The first-order valence-electron chi connectivity index (χ1n) is 6.34. The molecule has 0 bridgehead atoms. The van der Waals surface area contributed by atoms with E-state index in [1.165, 1.54) is 0 Å². The number of ether oxygens (including phenoxy) is 1. The summed E-state index contributed by atoms with van der Waals surface area (Å²) < 4.78 is 5.55. The van der Waals surface area contributed by atoms with E-state index in [9.17, 15) is 4.79 Å². The Labute approximate surface area is 109 Å². The summed E-state index contributed by atoms with van der Waals surface area (Å²) in [5.41, 5.74) is 1.07. The third-order valence-corrected chi connectivity index (χ3v) is 2.32. The Morgan fingerprint density at radius 2 is 1.94 bits per heavy atom. The Morgan fingerprint density at radius 1 is 1.28 bits per heavy atom. The standard InChI is InChI=1S/C14H22N2O2/c1-4-15-10-14(17)16-9-12-5-7-13(8-6-12)18-11(2)3/h5-8,11,15H,4,9-10H2,1-3H3,(H,16,17). The highest BCUT2D eigenvalue weighted by Crippen LogP contribution is 2.13. The number of likely N-dealkylation sites (N-methyl/N-ethyl adjacent to an activating group) is 1. The maximum Gasteiger partial charge on any atom is 0.234 e. The molecular formula is C14H22N2O2. The quantitative estimate of drug-likeness (QED) is 0.774. The fourth-order valence-electron chi connectivity index (χ4n) is 1.46. The van der Waals surface area contributed by atoms with Crippen molar-refractivity contribution in [1.82, 2.24) is 10.6 Å². The lowest BCUT2D eigenvalue weighted by Gasteiger charge is -2.10. The van der Waals surface area contributed by atoms with Gasteiger partial charge in [0, 0.05) is 6.54 Å². The second kappa shape index (κ2) is 7.71. The molecule has 0 aromatic heterocycles. The Kier molecular flexibility index (Phi) is 6.22. The van der Waals surface area contributed by atoms with E-state index in [0.717, 1.165) is 17.9 Å². The highest BCUT2D eigenvalue weighted by atomic mass is 16.5. The number of rotatable bonds is 7. The minimum Gasteiger partial charge on any atom is -0.491 e. The zero-order valence-corrected chi connectivity index (χ0v) is 11.3. The van der Waals surface area contributed by atoms with Crippen LogP contribution in [0.1, 0.15) is 26.3 Å². The Bertz CT molecular complexity index is 361. The van der Waals surface area contributed by atoms with Crippen molar-refractivity contribution >= 4 is 5.91 Å². The first-order valence-corrected chi connectivity index (χ1v) is 6.34. The van der Waals surface area contributed by atoms with Crippen molar-refractivity contribution in [2.75, 3.05) is 13.1 Å². The summed E-state index contributed by atoms with van der Waals surface area (Å²) in [6, 6.07) is 7.77. The van der Waals surface area contributed by atoms with Crippen LogP contribution in [0.3, 0.4) is 0 Å². The molecule has 2 N–H and O–H groups in total. The summed E-state index contributed by atoms with van der Waals surface area (Å²) in [5.74, 6) is 0.868. The predicted octanol–water partition coefficient (Wildman–Crippen LogP) is 1.70. The number of nitrogens with one attached hydrogen (secondary N) is 2. The number of hydrogen-bond acceptors (Lipinski definition) is 3. The van der Waals surface area contributed by atoms with Gasteiger partial charge >= 0.3 is 0 Å². The van der Waals surface area contributed by atoms with Crippen LogP contribution >= 0.6 is 0 Å². The largest absolute Gasteiger partial charge is 0.491 e. The van der Waals surface area contributed by atoms with Crippen LogP contribution in [0.25, 0.3) is 0 Å². The van der Waals surface area contributed by atoms with Crippen molar-refractivity contribution in [2.24, 2.45) is 0 Å². The molecule has 0 aliphatic heterocycles. The van der Waals surface area contributed by atoms with E-state index in [1.807, 2.05) is 45.0 Å². The Balaban J connectivity index is 2.37. The minimum atomic E-state index is 0.0133. The Hall–Kier alpha value is -1.55. The first kappa shape index (κ1) is 14.5. The zero-order valence-electron chi connectivity index (χ0n) is 11.3. The molecule has 0 atom stereocenters. The second-order valence-electron chi connectivity index (χ2n) is 4.37. The van der Waals surface area contributed by atoms with Gasteiger partial charge in [-0.1, -0.05) is 19.1 Å². The van der Waals surface area contributed by atoms with Crippen molar-refractivity contribution in [3.63, 3.8) is 0 Å². The van der Waals surface area contributed by atoms with Crippen molar-refractivity contribution in [3.8, 4) is 5.75 Å². The summed E-state index contributed by atoms with van der Waals surface area (Å²) in [6.45, 7) is 7.68. The molecule has 0 saturated heterocycles. The fraction of sp³-hybridized carbons (Fsp3) is 0.500. The average molecular weight is 250 g/mol. The highest BCUT2D eigenvalue weighted by molar-refractivity contribution is 5.77. The monoisotopic (exact) mass is 250 g/mol. The van der Waals surface area contributed by atoms with E-state index in [0.29, 0.717) is 13.1 Å². The smallest absolute Gasteiger partial charge is 0.234 e. The lowest BCUT2D eigenvalue weighted by Crippen LogP contribution is -2.33. The maximum atomic E-state index is 11.4. The van der Waals surface area contributed by atoms with Gasteiger partial charge in [-0.15, -0.1) is 0 Å². The van der Waals surface area contributed by atoms with Crippen LogP contribution in [0.5, 0.6) is 5.75 Å². The van der Waals surface area contributed by atoms with Crippen molar-refractivity contribution in [1.29, 1.82) is 0 Å². The lowest BCUT2D eigenvalue weighted by atomic mass is 10.2. The minimum absolute atomic E-state index is 0.0133. The molecule has 0 heterocycles. The van der Waals surface area contributed by atoms with Crippen LogP contribution in [-0.4, -0.2) is 25.1 Å². The van der Waals surface area contributed by atoms with Gasteiger partial charge in [0.1, 0.15) is 5.75 Å². The summed E-state index contributed by atoms with van der Waals surface area (Å²) in [5, 5.41) is 5.83. The number of amides is 1. The topological polar surface area (TPSA) is 50.4 Å². The van der Waals surface area contributed by atoms with Gasteiger partial charge in [0.2, 0.25) is 5.91 Å². The van der Waals surface area contributed by atoms with Gasteiger partial charge in [-0.2, -0.15) is 0 Å². The van der Waals surface area contributed by atoms with E-state index in [4.69, 9.17) is 4.74 Å². The predicted molar refractivity (Wildman–Crippen MR) is 72.6 cm³/mol. The molecular weight excluding hydrogens is 228 g/mol. The molecule has 0 aliphatic carbocycles. The number of benzene rings is 1. The van der Waals surface area contributed by atoms with E-state index in [2.05, 4.69) is 10.6 Å². The third kappa shape index (κ3) is 5.68. The van der Waals surface area contributed by atoms with Crippen LogP contribution in [0, 0.1) is 0 Å². The van der Waals surface area contributed by atoms with Crippen LogP contribution in [0.15, 0.2) is 24.3 Å². The van der Waals surface area contributed by atoms with E-state index in [1.54, 1.807) is 0 Å². The molecule has 100 valence electrons. The van der Waals surface area contributed by atoms with Gasteiger partial charge in [-0.3, -0.25) is 4.79 Å². The van der Waals surface area contributed by atoms with Gasteiger partial charge in [-0.05, 0) is 38.1 Å². The summed E-state index contributed by atoms with van der Waals surface area (Å²) in [6.07, 6.45) is 0.177. The summed E-state index contributed by atoms with van der Waals surface area (Å²) in [7, 11) is 0. The van der Waals surface area contributed by atoms with E-state index < -0.39 is 0 Å². The van der Waals surface area contributed by atoms with Gasteiger partial charge < -0.3 is 15.4 Å². The number of hydrogen-bond donors (Lipinski definition) is 2. The first-order chi connectivity index (χ1) is 8.61. The second-order valence-corrected chi connectivity index (χ2v) is 4.37. The average Bonchev–Trinajstić information content (AvgIpc) is 2.35. The fourth-order valence-corrected chi connectivity index (χ4v) is 1.46. The molecule has 0 spiro atoms. The molecule has 1 rings (SSSR count). The maximum absolute atomic E-state index is 11.4. The molecule has 0 fully saturated rings. The van der Waals surface area contributed by atoms with Gasteiger partial charge in [0.25, 0.3) is 0 Å².